The first-order valence-corrected chi connectivity index (χ1v) is 8.03. The van der Waals surface area contributed by atoms with Crippen LogP contribution in [0.5, 0.6) is 0 Å². The highest BCUT2D eigenvalue weighted by Gasteiger charge is 2.24. The van der Waals surface area contributed by atoms with Gasteiger partial charge in [0.1, 0.15) is 15.5 Å². The summed E-state index contributed by atoms with van der Waals surface area (Å²) < 4.78 is 0. The number of amides is 2. The molecule has 1 saturated heterocycles. The molecule has 23 heavy (non-hydrogen) atoms. The molecule has 8 N–H and O–H groups in total. The van der Waals surface area contributed by atoms with Crippen molar-refractivity contribution in [3.05, 3.63) is 16.5 Å². The molecular formula is C14H18N6O2S. The number of nitrogens with zero attached hydrogens (tertiary/aromatic N) is 2. The van der Waals surface area contributed by atoms with Gasteiger partial charge in [-0.3, -0.25) is 9.59 Å². The Morgan fingerprint density at radius 1 is 1.22 bits per heavy atom. The van der Waals surface area contributed by atoms with Crippen LogP contribution in [0, 0.1) is 0 Å². The molecule has 1 fully saturated rings. The average Bonchev–Trinajstić information content (AvgIpc) is 2.84. The SMILES string of the molecule is NC(=O)c1sc2nc(N3CCC(N)CC3)cc(C(N)=O)c2c1N. The van der Waals surface area contributed by atoms with Gasteiger partial charge in [-0.25, -0.2) is 4.98 Å². The van der Waals surface area contributed by atoms with Crippen molar-refractivity contribution in [2.24, 2.45) is 17.2 Å². The number of hydrogen-bond donors (Lipinski definition) is 4. The largest absolute Gasteiger partial charge is 0.397 e. The van der Waals surface area contributed by atoms with Gasteiger partial charge in [0.2, 0.25) is 5.91 Å². The Bertz CT molecular complexity index is 794. The number of hydrogen-bond acceptors (Lipinski definition) is 7. The molecule has 0 atom stereocenters. The summed E-state index contributed by atoms with van der Waals surface area (Å²) in [6.07, 6.45) is 1.70. The monoisotopic (exact) mass is 334 g/mol. The lowest BCUT2D eigenvalue weighted by atomic mass is 10.1. The summed E-state index contributed by atoms with van der Waals surface area (Å²) in [4.78, 5) is 30.6. The maximum Gasteiger partial charge on any atom is 0.260 e. The van der Waals surface area contributed by atoms with E-state index in [1.54, 1.807) is 6.07 Å². The minimum atomic E-state index is -0.647. The first-order chi connectivity index (χ1) is 10.9. The van der Waals surface area contributed by atoms with Gasteiger partial charge < -0.3 is 27.8 Å². The van der Waals surface area contributed by atoms with Gasteiger partial charge in [-0.2, -0.15) is 0 Å². The van der Waals surface area contributed by atoms with Gasteiger partial charge in [0.25, 0.3) is 5.91 Å². The third kappa shape index (κ3) is 2.68. The first-order valence-electron chi connectivity index (χ1n) is 7.21. The summed E-state index contributed by atoms with van der Waals surface area (Å²) in [5.41, 5.74) is 23.1. The van der Waals surface area contributed by atoms with E-state index in [-0.39, 0.29) is 22.2 Å². The lowest BCUT2D eigenvalue weighted by Crippen LogP contribution is -2.40. The number of carbonyl (C=O) groups is 2. The fourth-order valence-electron chi connectivity index (χ4n) is 2.78. The van der Waals surface area contributed by atoms with E-state index < -0.39 is 11.8 Å². The van der Waals surface area contributed by atoms with Gasteiger partial charge in [0.15, 0.2) is 0 Å². The van der Waals surface area contributed by atoms with Crippen LogP contribution in [0.4, 0.5) is 11.5 Å². The minimum absolute atomic E-state index is 0.158. The lowest BCUT2D eigenvalue weighted by molar-refractivity contribution is 0.0993. The van der Waals surface area contributed by atoms with Gasteiger partial charge in [-0.05, 0) is 18.9 Å². The van der Waals surface area contributed by atoms with E-state index in [9.17, 15) is 9.59 Å². The van der Waals surface area contributed by atoms with Crippen LogP contribution < -0.4 is 27.8 Å². The van der Waals surface area contributed by atoms with Crippen LogP contribution >= 0.6 is 11.3 Å². The van der Waals surface area contributed by atoms with Crippen molar-refractivity contribution in [2.75, 3.05) is 23.7 Å². The second kappa shape index (κ2) is 5.67. The molecule has 3 rings (SSSR count). The number of primary amides is 2. The number of aromatic nitrogens is 1. The van der Waals surface area contributed by atoms with E-state index in [4.69, 9.17) is 22.9 Å². The Morgan fingerprint density at radius 2 is 1.87 bits per heavy atom. The van der Waals surface area contributed by atoms with Crippen LogP contribution in [0.15, 0.2) is 6.07 Å². The van der Waals surface area contributed by atoms with Crippen molar-refractivity contribution in [1.29, 1.82) is 0 Å². The molecule has 0 saturated carbocycles. The maximum absolute atomic E-state index is 11.8. The standard InChI is InChI=1S/C14H18N6O2S/c15-6-1-3-20(4-2-6)8-5-7(12(17)21)9-10(16)11(13(18)22)23-14(9)19-8/h5-6H,1-4,15-16H2,(H2,17,21)(H2,18,22). The molecule has 0 aliphatic carbocycles. The average molecular weight is 334 g/mol. The van der Waals surface area contributed by atoms with Gasteiger partial charge >= 0.3 is 0 Å². The van der Waals surface area contributed by atoms with E-state index in [0.717, 1.165) is 37.3 Å². The highest BCUT2D eigenvalue weighted by Crippen LogP contribution is 2.36. The summed E-state index contributed by atoms with van der Waals surface area (Å²) >= 11 is 1.07. The molecule has 0 aromatic carbocycles. The molecule has 2 aromatic heterocycles. The molecule has 1 aliphatic rings. The number of fused-ring (bicyclic) bond motifs is 1. The molecule has 0 spiro atoms. The fourth-order valence-corrected chi connectivity index (χ4v) is 3.74. The molecule has 9 heteroatoms. The third-order valence-corrected chi connectivity index (χ3v) is 5.15. The van der Waals surface area contributed by atoms with Crippen molar-refractivity contribution in [1.82, 2.24) is 4.98 Å². The van der Waals surface area contributed by atoms with Crippen LogP contribution in [0.25, 0.3) is 10.2 Å². The highest BCUT2D eigenvalue weighted by atomic mass is 32.1. The van der Waals surface area contributed by atoms with Crippen molar-refractivity contribution < 1.29 is 9.59 Å². The van der Waals surface area contributed by atoms with Gasteiger partial charge in [0.05, 0.1) is 11.3 Å². The second-order valence-electron chi connectivity index (χ2n) is 5.61. The Morgan fingerprint density at radius 3 is 2.43 bits per heavy atom. The van der Waals surface area contributed by atoms with Crippen molar-refractivity contribution in [3.8, 4) is 0 Å². The van der Waals surface area contributed by atoms with E-state index in [1.807, 2.05) is 0 Å². The number of carbonyl (C=O) groups excluding carboxylic acids is 2. The summed E-state index contributed by atoms with van der Waals surface area (Å²) in [5.74, 6) is -0.630. The third-order valence-electron chi connectivity index (χ3n) is 4.04. The van der Waals surface area contributed by atoms with Crippen molar-refractivity contribution in [2.45, 2.75) is 18.9 Å². The molecule has 1 aliphatic heterocycles. The zero-order valence-electron chi connectivity index (χ0n) is 12.4. The summed E-state index contributed by atoms with van der Waals surface area (Å²) in [6, 6.07) is 1.81. The molecule has 3 heterocycles. The zero-order chi connectivity index (χ0) is 16.7. The predicted molar refractivity (Wildman–Crippen MR) is 90.5 cm³/mol. The normalized spacial score (nSPS) is 16.0. The number of anilines is 2. The Kier molecular flexibility index (Phi) is 3.82. The molecule has 2 amide bonds. The van der Waals surface area contributed by atoms with Crippen LogP contribution in [0.3, 0.4) is 0 Å². The zero-order valence-corrected chi connectivity index (χ0v) is 13.2. The Balaban J connectivity index is 2.15. The minimum Gasteiger partial charge on any atom is -0.397 e. The highest BCUT2D eigenvalue weighted by molar-refractivity contribution is 7.21. The van der Waals surface area contributed by atoms with Crippen LogP contribution in [0.1, 0.15) is 32.9 Å². The maximum atomic E-state index is 11.8. The fraction of sp³-hybridized carbons (Fsp3) is 0.357. The number of rotatable bonds is 3. The number of pyridine rings is 1. The molecular weight excluding hydrogens is 316 g/mol. The molecule has 0 bridgehead atoms. The van der Waals surface area contributed by atoms with E-state index in [0.29, 0.717) is 16.0 Å². The van der Waals surface area contributed by atoms with Crippen molar-refractivity contribution in [3.63, 3.8) is 0 Å². The number of thiophene rings is 1. The summed E-state index contributed by atoms with van der Waals surface area (Å²) in [7, 11) is 0. The molecule has 122 valence electrons. The van der Waals surface area contributed by atoms with Crippen molar-refractivity contribution >= 4 is 44.9 Å². The van der Waals surface area contributed by atoms with Crippen LogP contribution in [0.2, 0.25) is 0 Å². The number of piperidine rings is 1. The molecule has 0 unspecified atom stereocenters. The number of nitrogens with two attached hydrogens (primary N) is 4. The molecule has 8 nitrogen and oxygen atoms in total. The van der Waals surface area contributed by atoms with Gasteiger partial charge in [-0.15, -0.1) is 11.3 Å². The van der Waals surface area contributed by atoms with Gasteiger partial charge in [-0.1, -0.05) is 0 Å². The number of nitrogen functional groups attached to an aromatic ring is 1. The van der Waals surface area contributed by atoms with E-state index in [2.05, 4.69) is 9.88 Å². The van der Waals surface area contributed by atoms with Crippen LogP contribution in [-0.4, -0.2) is 35.9 Å². The lowest BCUT2D eigenvalue weighted by Gasteiger charge is -2.31. The van der Waals surface area contributed by atoms with Gasteiger partial charge in [0, 0.05) is 24.5 Å². The molecule has 2 aromatic rings. The Hall–Kier alpha value is -2.39. The van der Waals surface area contributed by atoms with Crippen LogP contribution in [-0.2, 0) is 0 Å². The topological polar surface area (TPSA) is 154 Å². The second-order valence-corrected chi connectivity index (χ2v) is 6.61. The quantitative estimate of drug-likeness (QED) is 0.619. The summed E-state index contributed by atoms with van der Waals surface area (Å²) in [5, 5.41) is 0.397. The van der Waals surface area contributed by atoms with E-state index in [1.165, 1.54) is 0 Å². The smallest absolute Gasteiger partial charge is 0.260 e. The predicted octanol–water partition coefficient (Wildman–Crippen LogP) is 0.00380. The first kappa shape index (κ1) is 15.5. The summed E-state index contributed by atoms with van der Waals surface area (Å²) in [6.45, 7) is 1.50. The van der Waals surface area contributed by atoms with E-state index >= 15 is 0 Å². The Labute approximate surface area is 136 Å². The molecule has 0 radical (unpaired) electrons.